The van der Waals surface area contributed by atoms with Gasteiger partial charge in [0.15, 0.2) is 0 Å². The van der Waals surface area contributed by atoms with Crippen LogP contribution in [0, 0.1) is 0 Å². The molecular weight excluding hydrogens is 536 g/mol. The van der Waals surface area contributed by atoms with Crippen molar-refractivity contribution in [3.8, 4) is 11.5 Å². The first-order valence-corrected chi connectivity index (χ1v) is 14.9. The molecule has 0 spiro atoms. The minimum atomic E-state index is -3.66. The highest BCUT2D eigenvalue weighted by Gasteiger charge is 2.27. The molecule has 3 aromatic carbocycles. The highest BCUT2D eigenvalue weighted by Crippen LogP contribution is 2.30. The standard InChI is InChI=1S/C28H28N4O5S2/c1-31(26(21-9-4-2-5-10-21)22-11-6-3-7-12-22)25(33)20-38-28-30-29-27(37-28)23-13-8-14-24(19-23)39(34,35)32-15-17-36-18-16-32/h2-14,19,26H,15-18,20H2,1H3. The summed E-state index contributed by atoms with van der Waals surface area (Å²) in [5.41, 5.74) is 2.51. The number of morpholine rings is 1. The lowest BCUT2D eigenvalue weighted by Crippen LogP contribution is -2.40. The predicted molar refractivity (Wildman–Crippen MR) is 148 cm³/mol. The molecule has 39 heavy (non-hydrogen) atoms. The van der Waals surface area contributed by atoms with Gasteiger partial charge in [-0.3, -0.25) is 4.79 Å². The summed E-state index contributed by atoms with van der Waals surface area (Å²) < 4.78 is 38.5. The van der Waals surface area contributed by atoms with E-state index in [9.17, 15) is 13.2 Å². The summed E-state index contributed by atoms with van der Waals surface area (Å²) in [7, 11) is -1.88. The number of benzene rings is 3. The van der Waals surface area contributed by atoms with Crippen molar-refractivity contribution in [2.75, 3.05) is 39.1 Å². The Morgan fingerprint density at radius 1 is 0.949 bits per heavy atom. The minimum absolute atomic E-state index is 0.0970. The second kappa shape index (κ2) is 12.1. The molecule has 0 bridgehead atoms. The largest absolute Gasteiger partial charge is 0.411 e. The third-order valence-corrected chi connectivity index (χ3v) is 9.12. The van der Waals surface area contributed by atoms with Gasteiger partial charge in [-0.25, -0.2) is 8.42 Å². The van der Waals surface area contributed by atoms with Crippen molar-refractivity contribution in [2.45, 2.75) is 16.2 Å². The van der Waals surface area contributed by atoms with Crippen LogP contribution in [0.4, 0.5) is 0 Å². The van der Waals surface area contributed by atoms with E-state index in [2.05, 4.69) is 10.2 Å². The van der Waals surface area contributed by atoms with Gasteiger partial charge in [-0.15, -0.1) is 10.2 Å². The smallest absolute Gasteiger partial charge is 0.277 e. The van der Waals surface area contributed by atoms with Crippen LogP contribution in [0.2, 0.25) is 0 Å². The molecule has 0 saturated carbocycles. The van der Waals surface area contributed by atoms with E-state index in [0.717, 1.165) is 22.9 Å². The van der Waals surface area contributed by atoms with Gasteiger partial charge in [0, 0.05) is 25.7 Å². The molecule has 0 unspecified atom stereocenters. The maximum Gasteiger partial charge on any atom is 0.277 e. The molecular formula is C28H28N4O5S2. The van der Waals surface area contributed by atoms with Crippen LogP contribution < -0.4 is 0 Å². The van der Waals surface area contributed by atoms with Gasteiger partial charge < -0.3 is 14.1 Å². The van der Waals surface area contributed by atoms with Gasteiger partial charge in [0.05, 0.1) is 29.9 Å². The molecule has 5 rings (SSSR count). The van der Waals surface area contributed by atoms with Gasteiger partial charge in [-0.1, -0.05) is 78.5 Å². The second-order valence-electron chi connectivity index (χ2n) is 8.93. The fraction of sp³-hybridized carbons (Fsp3) is 0.250. The van der Waals surface area contributed by atoms with E-state index >= 15 is 0 Å². The van der Waals surface area contributed by atoms with Crippen molar-refractivity contribution in [2.24, 2.45) is 0 Å². The molecule has 1 amide bonds. The molecule has 2 heterocycles. The Morgan fingerprint density at radius 2 is 1.59 bits per heavy atom. The van der Waals surface area contributed by atoms with Crippen LogP contribution in [0.15, 0.2) is 99.5 Å². The molecule has 0 N–H and O–H groups in total. The summed E-state index contributed by atoms with van der Waals surface area (Å²) in [5.74, 6) is 0.180. The zero-order valence-corrected chi connectivity index (χ0v) is 23.0. The highest BCUT2D eigenvalue weighted by atomic mass is 32.2. The Balaban J connectivity index is 1.28. The summed E-state index contributed by atoms with van der Waals surface area (Å²) in [6.07, 6.45) is 0. The molecule has 1 saturated heterocycles. The molecule has 1 aliphatic rings. The van der Waals surface area contributed by atoms with Gasteiger partial charge in [-0.05, 0) is 29.3 Å². The molecule has 0 aliphatic carbocycles. The molecule has 0 radical (unpaired) electrons. The average Bonchev–Trinajstić information content (AvgIpc) is 3.47. The summed E-state index contributed by atoms with van der Waals surface area (Å²) in [5, 5.41) is 8.38. The Bertz CT molecular complexity index is 1470. The number of carbonyl (C=O) groups excluding carboxylic acids is 1. The number of sulfonamides is 1. The number of carbonyl (C=O) groups is 1. The van der Waals surface area contributed by atoms with Crippen molar-refractivity contribution >= 4 is 27.7 Å². The third kappa shape index (κ3) is 6.22. The Labute approximate surface area is 231 Å². The number of nitrogens with zero attached hydrogens (tertiary/aromatic N) is 4. The van der Waals surface area contributed by atoms with Gasteiger partial charge in [0.1, 0.15) is 0 Å². The van der Waals surface area contributed by atoms with E-state index < -0.39 is 10.0 Å². The summed E-state index contributed by atoms with van der Waals surface area (Å²) in [6.45, 7) is 1.36. The van der Waals surface area contributed by atoms with Gasteiger partial charge >= 0.3 is 0 Å². The third-order valence-electron chi connectivity index (χ3n) is 6.43. The first kappa shape index (κ1) is 27.1. The van der Waals surface area contributed by atoms with E-state index in [1.165, 1.54) is 10.4 Å². The molecule has 1 aliphatic heterocycles. The monoisotopic (exact) mass is 564 g/mol. The lowest BCUT2D eigenvalue weighted by Gasteiger charge is -2.29. The Morgan fingerprint density at radius 3 is 2.23 bits per heavy atom. The number of hydrogen-bond acceptors (Lipinski definition) is 8. The van der Waals surface area contributed by atoms with E-state index in [4.69, 9.17) is 9.15 Å². The molecule has 9 nitrogen and oxygen atoms in total. The van der Waals surface area contributed by atoms with Crippen LogP contribution in [-0.4, -0.2) is 72.8 Å². The van der Waals surface area contributed by atoms with E-state index in [0.29, 0.717) is 31.9 Å². The summed E-state index contributed by atoms with van der Waals surface area (Å²) in [4.78, 5) is 15.1. The number of ether oxygens (including phenoxy) is 1. The summed E-state index contributed by atoms with van der Waals surface area (Å²) in [6, 6.07) is 25.9. The first-order valence-electron chi connectivity index (χ1n) is 12.4. The number of amides is 1. The van der Waals surface area contributed by atoms with Crippen molar-refractivity contribution in [1.29, 1.82) is 0 Å². The normalized spacial score (nSPS) is 14.4. The van der Waals surface area contributed by atoms with Crippen molar-refractivity contribution < 1.29 is 22.4 Å². The van der Waals surface area contributed by atoms with Gasteiger partial charge in [-0.2, -0.15) is 4.31 Å². The van der Waals surface area contributed by atoms with Crippen LogP contribution in [0.5, 0.6) is 0 Å². The van der Waals surface area contributed by atoms with Crippen LogP contribution >= 0.6 is 11.8 Å². The molecule has 0 atom stereocenters. The lowest BCUT2D eigenvalue weighted by atomic mass is 9.97. The van der Waals surface area contributed by atoms with E-state index in [1.54, 1.807) is 30.1 Å². The van der Waals surface area contributed by atoms with Crippen LogP contribution in [0.25, 0.3) is 11.5 Å². The van der Waals surface area contributed by atoms with Gasteiger partial charge in [0.2, 0.25) is 21.8 Å². The van der Waals surface area contributed by atoms with Crippen LogP contribution in [0.1, 0.15) is 17.2 Å². The topological polar surface area (TPSA) is 106 Å². The predicted octanol–water partition coefficient (Wildman–Crippen LogP) is 4.10. The Hall–Kier alpha value is -3.51. The first-order chi connectivity index (χ1) is 18.9. The number of aromatic nitrogens is 2. The maximum absolute atomic E-state index is 13.2. The van der Waals surface area contributed by atoms with Crippen molar-refractivity contribution in [3.05, 3.63) is 96.1 Å². The second-order valence-corrected chi connectivity index (χ2v) is 11.8. The number of hydrogen-bond donors (Lipinski definition) is 0. The quantitative estimate of drug-likeness (QED) is 0.280. The van der Waals surface area contributed by atoms with E-state index in [-0.39, 0.29) is 33.7 Å². The molecule has 11 heteroatoms. The van der Waals surface area contributed by atoms with Crippen molar-refractivity contribution in [3.63, 3.8) is 0 Å². The number of rotatable bonds is 9. The van der Waals surface area contributed by atoms with Gasteiger partial charge in [0.25, 0.3) is 5.22 Å². The molecule has 4 aromatic rings. The molecule has 1 aromatic heterocycles. The van der Waals surface area contributed by atoms with Crippen molar-refractivity contribution in [1.82, 2.24) is 19.4 Å². The lowest BCUT2D eigenvalue weighted by molar-refractivity contribution is -0.128. The fourth-order valence-electron chi connectivity index (χ4n) is 4.39. The van der Waals surface area contributed by atoms with Crippen LogP contribution in [-0.2, 0) is 19.6 Å². The zero-order chi connectivity index (χ0) is 27.2. The van der Waals surface area contributed by atoms with E-state index in [1.807, 2.05) is 60.7 Å². The highest BCUT2D eigenvalue weighted by molar-refractivity contribution is 7.99. The Kier molecular flexibility index (Phi) is 8.41. The fourth-order valence-corrected chi connectivity index (χ4v) is 6.53. The average molecular weight is 565 g/mol. The molecule has 1 fully saturated rings. The minimum Gasteiger partial charge on any atom is -0.411 e. The summed E-state index contributed by atoms with van der Waals surface area (Å²) >= 11 is 1.14. The zero-order valence-electron chi connectivity index (χ0n) is 21.3. The molecule has 202 valence electrons. The maximum atomic E-state index is 13.2. The van der Waals surface area contributed by atoms with Crippen LogP contribution in [0.3, 0.4) is 0 Å². The SMILES string of the molecule is CN(C(=O)CSc1nnc(-c2cccc(S(=O)(=O)N3CCOCC3)c2)o1)C(c1ccccc1)c1ccccc1. The number of thioether (sulfide) groups is 1.